The number of hydrogen-bond acceptors (Lipinski definition) is 2. The Kier molecular flexibility index (Phi) is 3.31. The van der Waals surface area contributed by atoms with E-state index in [-0.39, 0.29) is 5.92 Å². The van der Waals surface area contributed by atoms with Crippen LogP contribution in [0.3, 0.4) is 0 Å². The Balaban J connectivity index is 4.13. The van der Waals surface area contributed by atoms with Crippen LogP contribution in [0.5, 0.6) is 0 Å². The van der Waals surface area contributed by atoms with Gasteiger partial charge in [0.15, 0.2) is 6.10 Å². The van der Waals surface area contributed by atoms with Crippen molar-refractivity contribution in [3.05, 3.63) is 0 Å². The molecule has 5 heteroatoms. The Labute approximate surface area is 63.2 Å². The van der Waals surface area contributed by atoms with Crippen LogP contribution in [0.25, 0.3) is 0 Å². The molecule has 0 bridgehead atoms. The van der Waals surface area contributed by atoms with E-state index in [9.17, 15) is 13.2 Å². The molecule has 0 aliphatic heterocycles. The highest BCUT2D eigenvalue weighted by atomic mass is 19.4. The van der Waals surface area contributed by atoms with Crippen LogP contribution in [-0.2, 0) is 0 Å². The summed E-state index contributed by atoms with van der Waals surface area (Å²) in [6.07, 6.45) is -7.02. The van der Waals surface area contributed by atoms with Gasteiger partial charge < -0.3 is 10.8 Å². The summed E-state index contributed by atoms with van der Waals surface area (Å²) in [5, 5.41) is 8.57. The Morgan fingerprint density at radius 3 is 1.73 bits per heavy atom. The first-order chi connectivity index (χ1) is 4.76. The number of rotatable bonds is 2. The topological polar surface area (TPSA) is 46.2 Å². The molecule has 0 aromatic rings. The van der Waals surface area contributed by atoms with Crippen molar-refractivity contribution < 1.29 is 18.3 Å². The molecule has 0 unspecified atom stereocenters. The molecule has 11 heavy (non-hydrogen) atoms. The molecule has 0 spiro atoms. The van der Waals surface area contributed by atoms with Crippen LogP contribution in [0, 0.1) is 5.92 Å². The second-order valence-corrected chi connectivity index (χ2v) is 2.81. The van der Waals surface area contributed by atoms with Crippen molar-refractivity contribution in [3.8, 4) is 0 Å². The van der Waals surface area contributed by atoms with E-state index in [0.29, 0.717) is 0 Å². The lowest BCUT2D eigenvalue weighted by Crippen LogP contribution is -2.47. The zero-order chi connectivity index (χ0) is 9.23. The third-order valence-corrected chi connectivity index (χ3v) is 1.47. The Morgan fingerprint density at radius 2 is 1.64 bits per heavy atom. The van der Waals surface area contributed by atoms with Crippen molar-refractivity contribution >= 4 is 0 Å². The standard InChI is InChI=1S/C6H12F3NO/c1-3(2)4(10)5(11)6(7,8)9/h3-5,11H,10H2,1-2H3/t4-,5+/m1/s1. The zero-order valence-electron chi connectivity index (χ0n) is 6.39. The molecule has 0 aromatic heterocycles. The molecular formula is C6H12F3NO. The largest absolute Gasteiger partial charge is 0.415 e. The summed E-state index contributed by atoms with van der Waals surface area (Å²) >= 11 is 0. The molecule has 0 rings (SSSR count). The fraction of sp³-hybridized carbons (Fsp3) is 1.00. The summed E-state index contributed by atoms with van der Waals surface area (Å²) in [7, 11) is 0. The second kappa shape index (κ2) is 3.40. The molecule has 2 atom stereocenters. The maximum Gasteiger partial charge on any atom is 0.415 e. The predicted molar refractivity (Wildman–Crippen MR) is 34.9 cm³/mol. The Hall–Kier alpha value is -0.290. The molecule has 0 saturated carbocycles. The predicted octanol–water partition coefficient (Wildman–Crippen LogP) is 0.893. The lowest BCUT2D eigenvalue weighted by Gasteiger charge is -2.23. The molecule has 3 N–H and O–H groups in total. The van der Waals surface area contributed by atoms with E-state index in [4.69, 9.17) is 10.8 Å². The molecule has 0 aromatic carbocycles. The summed E-state index contributed by atoms with van der Waals surface area (Å²) in [5.74, 6) is -0.383. The van der Waals surface area contributed by atoms with Gasteiger partial charge in [-0.25, -0.2) is 0 Å². The highest BCUT2D eigenvalue weighted by molar-refractivity contribution is 4.80. The van der Waals surface area contributed by atoms with Crippen molar-refractivity contribution in [2.75, 3.05) is 0 Å². The van der Waals surface area contributed by atoms with Crippen LogP contribution < -0.4 is 5.73 Å². The number of halogens is 3. The minimum Gasteiger partial charge on any atom is -0.382 e. The normalized spacial score (nSPS) is 18.5. The van der Waals surface area contributed by atoms with Crippen LogP contribution >= 0.6 is 0 Å². The smallest absolute Gasteiger partial charge is 0.382 e. The van der Waals surface area contributed by atoms with Gasteiger partial charge in [0.1, 0.15) is 0 Å². The van der Waals surface area contributed by atoms with Crippen molar-refractivity contribution in [2.45, 2.75) is 32.2 Å². The third-order valence-electron chi connectivity index (χ3n) is 1.47. The minimum atomic E-state index is -4.61. The van der Waals surface area contributed by atoms with Crippen LogP contribution in [0.2, 0.25) is 0 Å². The van der Waals surface area contributed by atoms with E-state index in [1.54, 1.807) is 0 Å². The van der Waals surface area contributed by atoms with Gasteiger partial charge in [0, 0.05) is 6.04 Å². The van der Waals surface area contributed by atoms with Crippen LogP contribution in [0.15, 0.2) is 0 Å². The van der Waals surface area contributed by atoms with Gasteiger partial charge >= 0.3 is 6.18 Å². The number of nitrogens with two attached hydrogens (primary N) is 1. The summed E-state index contributed by atoms with van der Waals surface area (Å²) in [4.78, 5) is 0. The number of hydrogen-bond donors (Lipinski definition) is 2. The van der Waals surface area contributed by atoms with Gasteiger partial charge in [-0.1, -0.05) is 13.8 Å². The van der Waals surface area contributed by atoms with Gasteiger partial charge in [-0.2, -0.15) is 13.2 Å². The monoisotopic (exact) mass is 171 g/mol. The van der Waals surface area contributed by atoms with Gasteiger partial charge in [-0.05, 0) is 5.92 Å². The fourth-order valence-electron chi connectivity index (χ4n) is 0.583. The highest BCUT2D eigenvalue weighted by Crippen LogP contribution is 2.23. The van der Waals surface area contributed by atoms with Gasteiger partial charge in [-0.3, -0.25) is 0 Å². The van der Waals surface area contributed by atoms with E-state index in [2.05, 4.69) is 0 Å². The van der Waals surface area contributed by atoms with Gasteiger partial charge in [-0.15, -0.1) is 0 Å². The molecule has 68 valence electrons. The van der Waals surface area contributed by atoms with E-state index in [0.717, 1.165) is 0 Å². The molecule has 0 radical (unpaired) electrons. The Morgan fingerprint density at radius 1 is 1.27 bits per heavy atom. The average molecular weight is 171 g/mol. The summed E-state index contributed by atoms with van der Waals surface area (Å²) in [5.41, 5.74) is 5.08. The van der Waals surface area contributed by atoms with Crippen molar-refractivity contribution in [3.63, 3.8) is 0 Å². The Bertz CT molecular complexity index is 123. The van der Waals surface area contributed by atoms with Crippen molar-refractivity contribution in [2.24, 2.45) is 11.7 Å². The first-order valence-electron chi connectivity index (χ1n) is 3.27. The molecule has 0 aliphatic rings. The molecule has 0 heterocycles. The summed E-state index contributed by atoms with van der Waals surface area (Å²) < 4.78 is 35.2. The van der Waals surface area contributed by atoms with E-state index >= 15 is 0 Å². The molecular weight excluding hydrogens is 159 g/mol. The molecule has 0 fully saturated rings. The maximum absolute atomic E-state index is 11.7. The van der Waals surface area contributed by atoms with E-state index in [1.807, 2.05) is 0 Å². The zero-order valence-corrected chi connectivity index (χ0v) is 6.39. The first-order valence-corrected chi connectivity index (χ1v) is 3.27. The third kappa shape index (κ3) is 3.07. The van der Waals surface area contributed by atoms with Crippen LogP contribution in [0.4, 0.5) is 13.2 Å². The summed E-state index contributed by atoms with van der Waals surface area (Å²) in [6.45, 7) is 3.05. The van der Waals surface area contributed by atoms with Crippen LogP contribution in [0.1, 0.15) is 13.8 Å². The van der Waals surface area contributed by atoms with Crippen molar-refractivity contribution in [1.82, 2.24) is 0 Å². The quantitative estimate of drug-likeness (QED) is 0.648. The van der Waals surface area contributed by atoms with Gasteiger partial charge in [0.25, 0.3) is 0 Å². The van der Waals surface area contributed by atoms with E-state index in [1.165, 1.54) is 13.8 Å². The number of aliphatic hydroxyl groups is 1. The molecule has 0 amide bonds. The number of alkyl halides is 3. The first kappa shape index (κ1) is 10.7. The van der Waals surface area contributed by atoms with Gasteiger partial charge in [0.2, 0.25) is 0 Å². The van der Waals surface area contributed by atoms with Gasteiger partial charge in [0.05, 0.1) is 0 Å². The fourth-order valence-corrected chi connectivity index (χ4v) is 0.583. The van der Waals surface area contributed by atoms with E-state index < -0.39 is 18.3 Å². The highest BCUT2D eigenvalue weighted by Gasteiger charge is 2.42. The number of aliphatic hydroxyl groups excluding tert-OH is 1. The van der Waals surface area contributed by atoms with Crippen molar-refractivity contribution in [1.29, 1.82) is 0 Å². The average Bonchev–Trinajstić information content (AvgIpc) is 1.82. The minimum absolute atomic E-state index is 0.383. The molecule has 0 saturated heterocycles. The van der Waals surface area contributed by atoms with Crippen LogP contribution in [-0.4, -0.2) is 23.4 Å². The maximum atomic E-state index is 11.7. The summed E-state index contributed by atoms with van der Waals surface area (Å²) in [6, 6.07) is -1.24. The molecule has 0 aliphatic carbocycles. The SMILES string of the molecule is CC(C)[C@@H](N)[C@H](O)C(F)(F)F. The molecule has 2 nitrogen and oxygen atoms in total. The second-order valence-electron chi connectivity index (χ2n) is 2.81. The lowest BCUT2D eigenvalue weighted by molar-refractivity contribution is -0.212. The lowest BCUT2D eigenvalue weighted by atomic mass is 9.99.